The van der Waals surface area contributed by atoms with Crippen LogP contribution in [0, 0.1) is 0 Å². The molecule has 0 bridgehead atoms. The molecule has 0 unspecified atom stereocenters. The van der Waals surface area contributed by atoms with Crippen molar-refractivity contribution in [3.63, 3.8) is 0 Å². The Labute approximate surface area is 149 Å². The Morgan fingerprint density at radius 3 is 2.17 bits per heavy atom. The summed E-state index contributed by atoms with van der Waals surface area (Å²) in [4.78, 5) is 4.18. The van der Waals surface area contributed by atoms with Crippen LogP contribution in [0.5, 0.6) is 0 Å². The zero-order chi connectivity index (χ0) is 16.3. The van der Waals surface area contributed by atoms with Gasteiger partial charge in [0.25, 0.3) is 0 Å². The molecule has 1 saturated heterocycles. The molecule has 24 heavy (non-hydrogen) atoms. The number of nitrogens with zero attached hydrogens (tertiary/aromatic N) is 1. The average Bonchev–Trinajstić information content (AvgIpc) is 2.56. The van der Waals surface area contributed by atoms with Gasteiger partial charge in [0.05, 0.1) is 11.3 Å². The van der Waals surface area contributed by atoms with Crippen molar-refractivity contribution >= 4 is 29.9 Å². The third-order valence-electron chi connectivity index (χ3n) is 3.73. The van der Waals surface area contributed by atoms with Gasteiger partial charge in [-0.3, -0.25) is 0 Å². The first kappa shape index (κ1) is 19.0. The molecule has 0 atom stereocenters. The van der Waals surface area contributed by atoms with E-state index < -0.39 is 11.7 Å². The van der Waals surface area contributed by atoms with E-state index in [9.17, 15) is 13.2 Å². The van der Waals surface area contributed by atoms with Gasteiger partial charge in [0.1, 0.15) is 0 Å². The third-order valence-corrected chi connectivity index (χ3v) is 4.81. The van der Waals surface area contributed by atoms with Crippen LogP contribution in [0.15, 0.2) is 58.3 Å². The molecule has 0 amide bonds. The molecule has 130 valence electrons. The van der Waals surface area contributed by atoms with Gasteiger partial charge in [0.15, 0.2) is 0 Å². The fourth-order valence-electron chi connectivity index (χ4n) is 2.55. The van der Waals surface area contributed by atoms with Crippen LogP contribution in [-0.4, -0.2) is 26.2 Å². The zero-order valence-electron chi connectivity index (χ0n) is 12.8. The largest absolute Gasteiger partial charge is 0.416 e. The van der Waals surface area contributed by atoms with Crippen molar-refractivity contribution in [2.75, 3.05) is 31.1 Å². The van der Waals surface area contributed by atoms with E-state index in [0.717, 1.165) is 53.8 Å². The van der Waals surface area contributed by atoms with E-state index >= 15 is 0 Å². The van der Waals surface area contributed by atoms with Gasteiger partial charge in [-0.1, -0.05) is 23.9 Å². The molecule has 3 rings (SSSR count). The summed E-state index contributed by atoms with van der Waals surface area (Å²) in [6, 6.07) is 13.4. The van der Waals surface area contributed by atoms with Crippen molar-refractivity contribution in [2.24, 2.45) is 0 Å². The van der Waals surface area contributed by atoms with Gasteiger partial charge in [-0.05, 0) is 36.4 Å². The Balaban J connectivity index is 0.00000208. The van der Waals surface area contributed by atoms with E-state index in [2.05, 4.69) is 16.3 Å². The van der Waals surface area contributed by atoms with Crippen molar-refractivity contribution in [1.29, 1.82) is 0 Å². The zero-order valence-corrected chi connectivity index (χ0v) is 14.5. The average molecular weight is 375 g/mol. The highest BCUT2D eigenvalue weighted by Crippen LogP contribution is 2.37. The first-order valence-corrected chi connectivity index (χ1v) is 8.25. The number of piperazine rings is 1. The summed E-state index contributed by atoms with van der Waals surface area (Å²) in [5, 5.41) is 3.32. The highest BCUT2D eigenvalue weighted by Gasteiger charge is 2.30. The summed E-state index contributed by atoms with van der Waals surface area (Å²) in [6.07, 6.45) is -4.29. The predicted octanol–water partition coefficient (Wildman–Crippen LogP) is 4.69. The van der Waals surface area contributed by atoms with Crippen molar-refractivity contribution in [3.8, 4) is 0 Å². The van der Waals surface area contributed by atoms with E-state index in [1.165, 1.54) is 23.9 Å². The topological polar surface area (TPSA) is 15.3 Å². The number of hydrogen-bond donors (Lipinski definition) is 1. The highest BCUT2D eigenvalue weighted by molar-refractivity contribution is 7.99. The SMILES string of the molecule is Cl.FC(F)(F)c1ccc(Sc2ccccc2N2CCNCC2)cc1. The Morgan fingerprint density at radius 2 is 1.54 bits per heavy atom. The maximum atomic E-state index is 12.6. The molecule has 1 N–H and O–H groups in total. The molecule has 2 aromatic rings. The van der Waals surface area contributed by atoms with Gasteiger partial charge in [0, 0.05) is 36.0 Å². The molecule has 2 aromatic carbocycles. The lowest BCUT2D eigenvalue weighted by molar-refractivity contribution is -0.137. The predicted molar refractivity (Wildman–Crippen MR) is 94.3 cm³/mol. The second-order valence-electron chi connectivity index (χ2n) is 5.33. The second-order valence-corrected chi connectivity index (χ2v) is 6.44. The number of nitrogens with one attached hydrogen (secondary N) is 1. The molecule has 0 saturated carbocycles. The van der Waals surface area contributed by atoms with Gasteiger partial charge in [-0.25, -0.2) is 0 Å². The lowest BCUT2D eigenvalue weighted by Crippen LogP contribution is -2.43. The number of benzene rings is 2. The Kier molecular flexibility index (Phi) is 6.43. The quantitative estimate of drug-likeness (QED) is 0.839. The second kappa shape index (κ2) is 8.14. The number of hydrogen-bond acceptors (Lipinski definition) is 3. The van der Waals surface area contributed by atoms with Crippen molar-refractivity contribution in [1.82, 2.24) is 5.32 Å². The molecular formula is C17H18ClF3N2S. The minimum atomic E-state index is -4.29. The monoisotopic (exact) mass is 374 g/mol. The molecule has 0 aliphatic carbocycles. The van der Waals surface area contributed by atoms with Gasteiger partial charge in [-0.15, -0.1) is 12.4 Å². The lowest BCUT2D eigenvalue weighted by Gasteiger charge is -2.31. The van der Waals surface area contributed by atoms with Crippen molar-refractivity contribution in [2.45, 2.75) is 16.0 Å². The van der Waals surface area contributed by atoms with Crippen LogP contribution in [0.4, 0.5) is 18.9 Å². The number of para-hydroxylation sites is 1. The maximum absolute atomic E-state index is 12.6. The van der Waals surface area contributed by atoms with Crippen molar-refractivity contribution in [3.05, 3.63) is 54.1 Å². The van der Waals surface area contributed by atoms with Crippen LogP contribution < -0.4 is 10.2 Å². The van der Waals surface area contributed by atoms with E-state index in [1.54, 1.807) is 0 Å². The van der Waals surface area contributed by atoms with Gasteiger partial charge in [0.2, 0.25) is 0 Å². The highest BCUT2D eigenvalue weighted by atomic mass is 35.5. The van der Waals surface area contributed by atoms with Crippen LogP contribution in [0.2, 0.25) is 0 Å². The summed E-state index contributed by atoms with van der Waals surface area (Å²) >= 11 is 1.50. The summed E-state index contributed by atoms with van der Waals surface area (Å²) < 4.78 is 37.9. The van der Waals surface area contributed by atoms with Crippen LogP contribution in [-0.2, 0) is 6.18 Å². The number of halogens is 4. The van der Waals surface area contributed by atoms with E-state index in [0.29, 0.717) is 0 Å². The van der Waals surface area contributed by atoms with Gasteiger partial charge >= 0.3 is 6.18 Å². The number of anilines is 1. The van der Waals surface area contributed by atoms with Crippen LogP contribution in [0.1, 0.15) is 5.56 Å². The Hall–Kier alpha value is -1.37. The minimum Gasteiger partial charge on any atom is -0.368 e. The molecule has 0 aromatic heterocycles. The molecule has 7 heteroatoms. The number of rotatable bonds is 3. The molecule has 1 fully saturated rings. The lowest BCUT2D eigenvalue weighted by atomic mass is 10.2. The van der Waals surface area contributed by atoms with E-state index in [-0.39, 0.29) is 12.4 Å². The molecule has 2 nitrogen and oxygen atoms in total. The standard InChI is InChI=1S/C17H17F3N2S.ClH/c18-17(19,20)13-5-7-14(8-6-13)23-16-4-2-1-3-15(16)22-11-9-21-10-12-22;/h1-8,21H,9-12H2;1H. The fraction of sp³-hybridized carbons (Fsp3) is 0.294. The Morgan fingerprint density at radius 1 is 0.917 bits per heavy atom. The maximum Gasteiger partial charge on any atom is 0.416 e. The van der Waals surface area contributed by atoms with Crippen LogP contribution >= 0.6 is 24.2 Å². The molecular weight excluding hydrogens is 357 g/mol. The summed E-state index contributed by atoms with van der Waals surface area (Å²) in [6.45, 7) is 3.76. The molecule has 1 aliphatic rings. The van der Waals surface area contributed by atoms with E-state index in [1.807, 2.05) is 18.2 Å². The molecule has 0 spiro atoms. The fourth-order valence-corrected chi connectivity index (χ4v) is 3.52. The van der Waals surface area contributed by atoms with Crippen LogP contribution in [0.3, 0.4) is 0 Å². The van der Waals surface area contributed by atoms with E-state index in [4.69, 9.17) is 0 Å². The summed E-state index contributed by atoms with van der Waals surface area (Å²) in [5.74, 6) is 0. The first-order valence-electron chi connectivity index (χ1n) is 7.44. The molecule has 1 aliphatic heterocycles. The first-order chi connectivity index (χ1) is 11.0. The summed E-state index contributed by atoms with van der Waals surface area (Å²) in [5.41, 5.74) is 0.524. The van der Waals surface area contributed by atoms with Crippen molar-refractivity contribution < 1.29 is 13.2 Å². The third kappa shape index (κ3) is 4.59. The number of alkyl halides is 3. The normalized spacial score (nSPS) is 15.0. The molecule has 1 heterocycles. The smallest absolute Gasteiger partial charge is 0.368 e. The Bertz CT molecular complexity index is 656. The van der Waals surface area contributed by atoms with Crippen LogP contribution in [0.25, 0.3) is 0 Å². The van der Waals surface area contributed by atoms with Gasteiger partial charge < -0.3 is 10.2 Å². The van der Waals surface area contributed by atoms with Gasteiger partial charge in [-0.2, -0.15) is 13.2 Å². The minimum absolute atomic E-state index is 0. The molecule has 0 radical (unpaired) electrons. The summed E-state index contributed by atoms with van der Waals surface area (Å²) in [7, 11) is 0.